The third-order valence-electron chi connectivity index (χ3n) is 4.45. The van der Waals surface area contributed by atoms with Crippen LogP contribution in [0.5, 0.6) is 0 Å². The van der Waals surface area contributed by atoms with Crippen molar-refractivity contribution in [2.45, 2.75) is 12.8 Å². The summed E-state index contributed by atoms with van der Waals surface area (Å²) in [6.45, 7) is 2.10. The van der Waals surface area contributed by atoms with E-state index in [4.69, 9.17) is 0 Å². The van der Waals surface area contributed by atoms with Crippen molar-refractivity contribution in [2.24, 2.45) is 0 Å². The number of aromatic nitrogens is 1. The number of hydrogen-bond donors (Lipinski definition) is 1. The smallest absolute Gasteiger partial charge is 0.257 e. The van der Waals surface area contributed by atoms with Crippen molar-refractivity contribution in [3.8, 4) is 0 Å². The van der Waals surface area contributed by atoms with Crippen LogP contribution in [0, 0.1) is 0 Å². The van der Waals surface area contributed by atoms with Crippen LogP contribution in [-0.4, -0.2) is 24.0 Å². The summed E-state index contributed by atoms with van der Waals surface area (Å²) in [5, 5.41) is 5.22. The van der Waals surface area contributed by atoms with Crippen LogP contribution in [0.25, 0.3) is 10.8 Å². The summed E-state index contributed by atoms with van der Waals surface area (Å²) in [5.74, 6) is 0.820. The van der Waals surface area contributed by atoms with Crippen molar-refractivity contribution in [1.29, 1.82) is 0 Å². The largest absolute Gasteiger partial charge is 0.357 e. The Labute approximate surface area is 141 Å². The summed E-state index contributed by atoms with van der Waals surface area (Å²) in [6, 6.07) is 17.8. The zero-order valence-corrected chi connectivity index (χ0v) is 13.4. The zero-order valence-electron chi connectivity index (χ0n) is 13.4. The topological polar surface area (TPSA) is 45.2 Å². The van der Waals surface area contributed by atoms with Crippen LogP contribution in [0.3, 0.4) is 0 Å². The molecule has 1 aromatic heterocycles. The van der Waals surface area contributed by atoms with Crippen LogP contribution in [-0.2, 0) is 0 Å². The van der Waals surface area contributed by atoms with Crippen molar-refractivity contribution in [3.05, 3.63) is 66.4 Å². The number of anilines is 2. The third-order valence-corrected chi connectivity index (χ3v) is 4.45. The van der Waals surface area contributed by atoms with E-state index in [-0.39, 0.29) is 5.91 Å². The summed E-state index contributed by atoms with van der Waals surface area (Å²) >= 11 is 0. The maximum Gasteiger partial charge on any atom is 0.257 e. The fourth-order valence-electron chi connectivity index (χ4n) is 3.12. The summed E-state index contributed by atoms with van der Waals surface area (Å²) in [5.41, 5.74) is 1.37. The molecule has 4 rings (SSSR count). The Kier molecular flexibility index (Phi) is 3.87. The Morgan fingerprint density at radius 1 is 0.958 bits per heavy atom. The number of nitrogens with zero attached hydrogens (tertiary/aromatic N) is 2. The highest BCUT2D eigenvalue weighted by Gasteiger charge is 2.14. The minimum absolute atomic E-state index is 0.134. The molecule has 1 aliphatic rings. The first-order valence-corrected chi connectivity index (χ1v) is 8.31. The minimum Gasteiger partial charge on any atom is -0.357 e. The predicted molar refractivity (Wildman–Crippen MR) is 97.6 cm³/mol. The van der Waals surface area contributed by atoms with Crippen LogP contribution in [0.15, 0.2) is 60.8 Å². The van der Waals surface area contributed by atoms with Crippen LogP contribution in [0.1, 0.15) is 23.2 Å². The Bertz CT molecular complexity index is 867. The standard InChI is InChI=1S/C20H19N3O/c24-20(17-8-10-19(21-14-17)23-11-3-4-12-23)22-18-9-7-15-5-1-2-6-16(15)13-18/h1-2,5-10,13-14H,3-4,11-12H2,(H,22,24). The van der Waals surface area contributed by atoms with Crippen LogP contribution < -0.4 is 10.2 Å². The quantitative estimate of drug-likeness (QED) is 0.791. The molecule has 0 unspecified atom stereocenters. The Morgan fingerprint density at radius 2 is 1.75 bits per heavy atom. The lowest BCUT2D eigenvalue weighted by Crippen LogP contribution is -2.19. The lowest BCUT2D eigenvalue weighted by atomic mass is 10.1. The van der Waals surface area contributed by atoms with E-state index in [0.29, 0.717) is 5.56 Å². The highest BCUT2D eigenvalue weighted by molar-refractivity contribution is 6.05. The number of carbonyl (C=O) groups excluding carboxylic acids is 1. The molecule has 4 nitrogen and oxygen atoms in total. The number of pyridine rings is 1. The maximum atomic E-state index is 12.4. The molecular formula is C20H19N3O. The van der Waals surface area contributed by atoms with Gasteiger partial charge in [-0.2, -0.15) is 0 Å². The average Bonchev–Trinajstić information content (AvgIpc) is 3.16. The number of amides is 1. The minimum atomic E-state index is -0.134. The van der Waals surface area contributed by atoms with Gasteiger partial charge in [0.05, 0.1) is 5.56 Å². The maximum absolute atomic E-state index is 12.4. The van der Waals surface area contributed by atoms with Crippen LogP contribution >= 0.6 is 0 Å². The molecular weight excluding hydrogens is 298 g/mol. The van der Waals surface area contributed by atoms with E-state index in [2.05, 4.69) is 21.3 Å². The molecule has 0 atom stereocenters. The summed E-state index contributed by atoms with van der Waals surface area (Å²) in [4.78, 5) is 19.1. The van der Waals surface area contributed by atoms with Gasteiger partial charge < -0.3 is 10.2 Å². The van der Waals surface area contributed by atoms with E-state index in [9.17, 15) is 4.79 Å². The fourth-order valence-corrected chi connectivity index (χ4v) is 3.12. The Hall–Kier alpha value is -2.88. The molecule has 1 N–H and O–H groups in total. The van der Waals surface area contributed by atoms with E-state index in [0.717, 1.165) is 35.4 Å². The number of fused-ring (bicyclic) bond motifs is 1. The predicted octanol–water partition coefficient (Wildman–Crippen LogP) is 4.09. The SMILES string of the molecule is O=C(Nc1ccc2ccccc2c1)c1ccc(N2CCCC2)nc1. The molecule has 0 spiro atoms. The van der Waals surface area contributed by atoms with Gasteiger partial charge in [0.2, 0.25) is 0 Å². The van der Waals surface area contributed by atoms with E-state index < -0.39 is 0 Å². The van der Waals surface area contributed by atoms with Gasteiger partial charge in [0.25, 0.3) is 5.91 Å². The highest BCUT2D eigenvalue weighted by atomic mass is 16.1. The third kappa shape index (κ3) is 2.95. The van der Waals surface area contributed by atoms with E-state index in [1.807, 2.05) is 48.5 Å². The van der Waals surface area contributed by atoms with Gasteiger partial charge in [-0.05, 0) is 47.9 Å². The van der Waals surface area contributed by atoms with E-state index >= 15 is 0 Å². The van der Waals surface area contributed by atoms with Gasteiger partial charge in [-0.15, -0.1) is 0 Å². The van der Waals surface area contributed by atoms with E-state index in [1.54, 1.807) is 6.20 Å². The molecule has 24 heavy (non-hydrogen) atoms. The van der Waals surface area contributed by atoms with Gasteiger partial charge in [-0.1, -0.05) is 30.3 Å². The monoisotopic (exact) mass is 317 g/mol. The number of nitrogens with one attached hydrogen (secondary N) is 1. The molecule has 1 aliphatic heterocycles. The zero-order chi connectivity index (χ0) is 16.4. The molecule has 1 saturated heterocycles. The number of carbonyl (C=O) groups is 1. The molecule has 0 bridgehead atoms. The van der Waals surface area contributed by atoms with Crippen molar-refractivity contribution < 1.29 is 4.79 Å². The first-order valence-electron chi connectivity index (χ1n) is 8.31. The lowest BCUT2D eigenvalue weighted by molar-refractivity contribution is 0.102. The first-order chi connectivity index (χ1) is 11.8. The summed E-state index contributed by atoms with van der Waals surface area (Å²) < 4.78 is 0. The second-order valence-corrected chi connectivity index (χ2v) is 6.12. The number of benzene rings is 2. The molecule has 0 aliphatic carbocycles. The molecule has 120 valence electrons. The van der Waals surface area contributed by atoms with Crippen LogP contribution in [0.4, 0.5) is 11.5 Å². The summed E-state index contributed by atoms with van der Waals surface area (Å²) in [6.07, 6.45) is 4.09. The fraction of sp³-hybridized carbons (Fsp3) is 0.200. The van der Waals surface area contributed by atoms with Crippen molar-refractivity contribution in [2.75, 3.05) is 23.3 Å². The van der Waals surface area contributed by atoms with Gasteiger partial charge in [-0.3, -0.25) is 4.79 Å². The van der Waals surface area contributed by atoms with Gasteiger partial charge in [-0.25, -0.2) is 4.98 Å². The Morgan fingerprint density at radius 3 is 2.50 bits per heavy atom. The van der Waals surface area contributed by atoms with Crippen molar-refractivity contribution in [1.82, 2.24) is 4.98 Å². The molecule has 1 amide bonds. The normalized spacial score (nSPS) is 14.1. The second kappa shape index (κ2) is 6.32. The highest BCUT2D eigenvalue weighted by Crippen LogP contribution is 2.20. The number of rotatable bonds is 3. The summed E-state index contributed by atoms with van der Waals surface area (Å²) in [7, 11) is 0. The van der Waals surface area contributed by atoms with Gasteiger partial charge in [0.1, 0.15) is 5.82 Å². The van der Waals surface area contributed by atoms with Crippen LogP contribution in [0.2, 0.25) is 0 Å². The molecule has 1 fully saturated rings. The molecule has 2 heterocycles. The molecule has 0 saturated carbocycles. The lowest BCUT2D eigenvalue weighted by Gasteiger charge is -2.16. The van der Waals surface area contributed by atoms with Crippen molar-refractivity contribution in [3.63, 3.8) is 0 Å². The van der Waals surface area contributed by atoms with Gasteiger partial charge in [0.15, 0.2) is 0 Å². The molecule has 2 aromatic carbocycles. The van der Waals surface area contributed by atoms with Crippen molar-refractivity contribution >= 4 is 28.2 Å². The molecule has 0 radical (unpaired) electrons. The second-order valence-electron chi connectivity index (χ2n) is 6.12. The Balaban J connectivity index is 1.50. The van der Waals surface area contributed by atoms with Gasteiger partial charge >= 0.3 is 0 Å². The molecule has 3 aromatic rings. The average molecular weight is 317 g/mol. The first kappa shape index (κ1) is 14.7. The molecule has 4 heteroatoms. The van der Waals surface area contributed by atoms with E-state index in [1.165, 1.54) is 12.8 Å². The number of hydrogen-bond acceptors (Lipinski definition) is 3. The van der Waals surface area contributed by atoms with Gasteiger partial charge in [0, 0.05) is 25.0 Å².